The third-order valence-corrected chi connectivity index (χ3v) is 2.31. The van der Waals surface area contributed by atoms with Crippen LogP contribution in [0, 0.1) is 0 Å². The topological polar surface area (TPSA) is 18.5 Å². The highest BCUT2D eigenvalue weighted by molar-refractivity contribution is 6.32. The third-order valence-electron chi connectivity index (χ3n) is 2.01. The molecule has 0 bridgehead atoms. The van der Waals surface area contributed by atoms with Gasteiger partial charge in [-0.05, 0) is 25.5 Å². The standard InChI is InChI=1S/C13H17ClO2/c1-3-5-10-15-12-8-6-7-11(14)13(12)16-9-4-2/h4,6-9H,3,5,10H2,1-2H3. The lowest BCUT2D eigenvalue weighted by molar-refractivity contribution is 0.295. The Labute approximate surface area is 102 Å². The van der Waals surface area contributed by atoms with Crippen molar-refractivity contribution in [2.75, 3.05) is 6.61 Å². The van der Waals surface area contributed by atoms with E-state index in [9.17, 15) is 0 Å². The first-order valence-electron chi connectivity index (χ1n) is 5.48. The summed E-state index contributed by atoms with van der Waals surface area (Å²) in [5.74, 6) is 1.28. The smallest absolute Gasteiger partial charge is 0.186 e. The second-order valence-electron chi connectivity index (χ2n) is 3.36. The van der Waals surface area contributed by atoms with Crippen molar-refractivity contribution < 1.29 is 9.47 Å². The molecule has 0 amide bonds. The minimum Gasteiger partial charge on any atom is -0.490 e. The highest BCUT2D eigenvalue weighted by Gasteiger charge is 2.08. The van der Waals surface area contributed by atoms with Crippen molar-refractivity contribution in [1.82, 2.24) is 0 Å². The van der Waals surface area contributed by atoms with Crippen LogP contribution in [0.15, 0.2) is 30.5 Å². The van der Waals surface area contributed by atoms with E-state index in [1.54, 1.807) is 18.4 Å². The first-order valence-corrected chi connectivity index (χ1v) is 5.86. The molecule has 88 valence electrons. The van der Waals surface area contributed by atoms with Crippen LogP contribution in [0.3, 0.4) is 0 Å². The summed E-state index contributed by atoms with van der Waals surface area (Å²) >= 11 is 6.04. The summed E-state index contributed by atoms with van der Waals surface area (Å²) in [6.07, 6.45) is 5.52. The minimum atomic E-state index is 0.562. The lowest BCUT2D eigenvalue weighted by atomic mass is 10.3. The molecule has 0 fully saturated rings. The van der Waals surface area contributed by atoms with E-state index in [2.05, 4.69) is 6.92 Å². The van der Waals surface area contributed by atoms with Gasteiger partial charge in [0.2, 0.25) is 0 Å². The van der Waals surface area contributed by atoms with Gasteiger partial charge >= 0.3 is 0 Å². The molecular formula is C13H17ClO2. The average molecular weight is 241 g/mol. The molecule has 0 heterocycles. The van der Waals surface area contributed by atoms with Gasteiger partial charge in [0, 0.05) is 0 Å². The van der Waals surface area contributed by atoms with Crippen LogP contribution in [0.4, 0.5) is 0 Å². The SMILES string of the molecule is CC=COc1c(Cl)cccc1OCCCC. The van der Waals surface area contributed by atoms with Crippen LogP contribution in [-0.2, 0) is 0 Å². The van der Waals surface area contributed by atoms with E-state index < -0.39 is 0 Å². The maximum Gasteiger partial charge on any atom is 0.186 e. The second kappa shape index (κ2) is 7.18. The number of rotatable bonds is 6. The Hall–Kier alpha value is -1.15. The van der Waals surface area contributed by atoms with Gasteiger partial charge in [-0.3, -0.25) is 0 Å². The van der Waals surface area contributed by atoms with E-state index in [4.69, 9.17) is 21.1 Å². The molecule has 0 aliphatic rings. The van der Waals surface area contributed by atoms with Gasteiger partial charge in [0.05, 0.1) is 17.9 Å². The van der Waals surface area contributed by atoms with Crippen LogP contribution in [0.2, 0.25) is 5.02 Å². The molecule has 1 aromatic rings. The fraction of sp³-hybridized carbons (Fsp3) is 0.385. The number of para-hydroxylation sites is 1. The second-order valence-corrected chi connectivity index (χ2v) is 3.76. The molecule has 0 saturated heterocycles. The number of unbranched alkanes of at least 4 members (excludes halogenated alkanes) is 1. The van der Waals surface area contributed by atoms with Crippen molar-refractivity contribution in [2.24, 2.45) is 0 Å². The van der Waals surface area contributed by atoms with Gasteiger partial charge in [0.15, 0.2) is 11.5 Å². The molecule has 0 saturated carbocycles. The van der Waals surface area contributed by atoms with Gasteiger partial charge in [-0.15, -0.1) is 0 Å². The highest BCUT2D eigenvalue weighted by Crippen LogP contribution is 2.35. The molecule has 0 aliphatic heterocycles. The molecule has 2 nitrogen and oxygen atoms in total. The monoisotopic (exact) mass is 240 g/mol. The summed E-state index contributed by atoms with van der Waals surface area (Å²) in [4.78, 5) is 0. The molecule has 0 aliphatic carbocycles. The number of hydrogen-bond acceptors (Lipinski definition) is 2. The molecule has 0 atom stereocenters. The van der Waals surface area contributed by atoms with Crippen molar-refractivity contribution in [3.8, 4) is 11.5 Å². The minimum absolute atomic E-state index is 0.562. The Morgan fingerprint density at radius 3 is 2.88 bits per heavy atom. The fourth-order valence-corrected chi connectivity index (χ4v) is 1.39. The third kappa shape index (κ3) is 3.78. The maximum atomic E-state index is 6.04. The molecule has 0 N–H and O–H groups in total. The number of halogens is 1. The molecule has 1 aromatic carbocycles. The van der Waals surface area contributed by atoms with Crippen molar-refractivity contribution in [1.29, 1.82) is 0 Å². The summed E-state index contributed by atoms with van der Waals surface area (Å²) in [6, 6.07) is 5.50. The Morgan fingerprint density at radius 1 is 1.38 bits per heavy atom. The van der Waals surface area contributed by atoms with Crippen LogP contribution < -0.4 is 9.47 Å². The maximum absolute atomic E-state index is 6.04. The lowest BCUT2D eigenvalue weighted by Crippen LogP contribution is -1.98. The van der Waals surface area contributed by atoms with E-state index >= 15 is 0 Å². The zero-order valence-electron chi connectivity index (χ0n) is 9.70. The summed E-state index contributed by atoms with van der Waals surface area (Å²) in [5, 5.41) is 0.562. The van der Waals surface area contributed by atoms with Gasteiger partial charge in [-0.25, -0.2) is 0 Å². The number of allylic oxidation sites excluding steroid dienone is 1. The molecule has 0 spiro atoms. The van der Waals surface area contributed by atoms with Gasteiger partial charge in [0.25, 0.3) is 0 Å². The van der Waals surface area contributed by atoms with E-state index in [-0.39, 0.29) is 0 Å². The van der Waals surface area contributed by atoms with Crippen molar-refractivity contribution >= 4 is 11.6 Å². The van der Waals surface area contributed by atoms with E-state index in [1.807, 2.05) is 19.1 Å². The van der Waals surface area contributed by atoms with Crippen LogP contribution in [0.1, 0.15) is 26.7 Å². The summed E-state index contributed by atoms with van der Waals surface area (Å²) < 4.78 is 11.0. The zero-order chi connectivity index (χ0) is 11.8. The van der Waals surface area contributed by atoms with Crippen LogP contribution >= 0.6 is 11.6 Å². The molecule has 0 unspecified atom stereocenters. The summed E-state index contributed by atoms with van der Waals surface area (Å²) in [6.45, 7) is 4.69. The van der Waals surface area contributed by atoms with Crippen LogP contribution in [0.25, 0.3) is 0 Å². The Bertz CT molecular complexity index is 348. The molecule has 0 radical (unpaired) electrons. The number of benzene rings is 1. The summed E-state index contributed by atoms with van der Waals surface area (Å²) in [7, 11) is 0. The molecular weight excluding hydrogens is 224 g/mol. The van der Waals surface area contributed by atoms with E-state index in [1.165, 1.54) is 0 Å². The predicted octanol–water partition coefficient (Wildman–Crippen LogP) is 4.43. The van der Waals surface area contributed by atoms with Crippen molar-refractivity contribution in [3.05, 3.63) is 35.6 Å². The van der Waals surface area contributed by atoms with Gasteiger partial charge < -0.3 is 9.47 Å². The van der Waals surface area contributed by atoms with Gasteiger partial charge in [0.1, 0.15) is 0 Å². The first-order chi connectivity index (χ1) is 7.79. The summed E-state index contributed by atoms with van der Waals surface area (Å²) in [5.41, 5.74) is 0. The Kier molecular flexibility index (Phi) is 5.79. The average Bonchev–Trinajstić information content (AvgIpc) is 2.28. The molecule has 3 heteroatoms. The normalized spacial score (nSPS) is 10.7. The van der Waals surface area contributed by atoms with Crippen molar-refractivity contribution in [3.63, 3.8) is 0 Å². The highest BCUT2D eigenvalue weighted by atomic mass is 35.5. The van der Waals surface area contributed by atoms with Crippen molar-refractivity contribution in [2.45, 2.75) is 26.7 Å². The van der Waals surface area contributed by atoms with Gasteiger partial charge in [-0.2, -0.15) is 0 Å². The lowest BCUT2D eigenvalue weighted by Gasteiger charge is -2.11. The number of hydrogen-bond donors (Lipinski definition) is 0. The van der Waals surface area contributed by atoms with E-state index in [0.717, 1.165) is 12.8 Å². The zero-order valence-corrected chi connectivity index (χ0v) is 10.5. The van der Waals surface area contributed by atoms with Gasteiger partial charge in [-0.1, -0.05) is 37.1 Å². The molecule has 1 rings (SSSR count). The number of ether oxygens (including phenoxy) is 2. The largest absolute Gasteiger partial charge is 0.490 e. The van der Waals surface area contributed by atoms with E-state index in [0.29, 0.717) is 23.1 Å². The molecule has 16 heavy (non-hydrogen) atoms. The van der Waals surface area contributed by atoms with Crippen LogP contribution in [0.5, 0.6) is 11.5 Å². The van der Waals surface area contributed by atoms with Crippen LogP contribution in [-0.4, -0.2) is 6.61 Å². The quantitative estimate of drug-likeness (QED) is 0.541. The Morgan fingerprint density at radius 2 is 2.19 bits per heavy atom. The Balaban J connectivity index is 2.76. The predicted molar refractivity (Wildman–Crippen MR) is 67.3 cm³/mol. The fourth-order valence-electron chi connectivity index (χ4n) is 1.18. The first kappa shape index (κ1) is 12.9. The molecule has 0 aromatic heterocycles.